The number of hydrogen-bond donors (Lipinski definition) is 0. The van der Waals surface area contributed by atoms with E-state index in [9.17, 15) is 4.79 Å². The Morgan fingerprint density at radius 3 is 2.69 bits per heavy atom. The Hall–Kier alpha value is -3.91. The molecule has 0 amide bonds. The van der Waals surface area contributed by atoms with Crippen LogP contribution in [0.15, 0.2) is 67.6 Å². The van der Waals surface area contributed by atoms with Crippen LogP contribution in [0.5, 0.6) is 5.75 Å². The van der Waals surface area contributed by atoms with Crippen molar-refractivity contribution in [2.24, 2.45) is 0 Å². The van der Waals surface area contributed by atoms with E-state index in [1.54, 1.807) is 18.0 Å². The molecule has 2 heterocycles. The molecule has 0 fully saturated rings. The minimum absolute atomic E-state index is 0.0343. The normalized spacial score (nSPS) is 10.9. The van der Waals surface area contributed by atoms with Crippen molar-refractivity contribution in [1.82, 2.24) is 24.7 Å². The maximum Gasteiger partial charge on any atom is 0.254 e. The van der Waals surface area contributed by atoms with Crippen LogP contribution in [0.2, 0.25) is 0 Å². The van der Waals surface area contributed by atoms with Crippen molar-refractivity contribution < 1.29 is 14.3 Å². The molecular weight excluding hydrogens is 406 g/mol. The Bertz CT molecular complexity index is 1230. The summed E-state index contributed by atoms with van der Waals surface area (Å²) in [5.41, 5.74) is 2.76. The highest BCUT2D eigenvalue weighted by molar-refractivity contribution is 5.91. The maximum atomic E-state index is 11.7. The third kappa shape index (κ3) is 5.04. The molecular formula is C24H23N5O3. The van der Waals surface area contributed by atoms with Gasteiger partial charge in [-0.2, -0.15) is 19.7 Å². The van der Waals surface area contributed by atoms with Crippen molar-refractivity contribution in [3.63, 3.8) is 0 Å². The summed E-state index contributed by atoms with van der Waals surface area (Å²) in [6.07, 6.45) is 5.40. The highest BCUT2D eigenvalue weighted by atomic mass is 16.5. The van der Waals surface area contributed by atoms with E-state index in [2.05, 4.69) is 26.6 Å². The molecule has 4 rings (SSSR count). The Morgan fingerprint density at radius 1 is 1.09 bits per heavy atom. The minimum Gasteiger partial charge on any atom is -0.491 e. The minimum atomic E-state index is -0.0343. The number of aromatic nitrogens is 5. The van der Waals surface area contributed by atoms with Gasteiger partial charge in [0.05, 0.1) is 18.3 Å². The lowest BCUT2D eigenvalue weighted by Gasteiger charge is -2.07. The molecule has 2 aromatic carbocycles. The molecule has 4 aromatic rings. The van der Waals surface area contributed by atoms with E-state index in [-0.39, 0.29) is 12.2 Å². The van der Waals surface area contributed by atoms with E-state index >= 15 is 0 Å². The van der Waals surface area contributed by atoms with Crippen molar-refractivity contribution in [1.29, 1.82) is 0 Å². The topological polar surface area (TPSA) is 92.0 Å². The van der Waals surface area contributed by atoms with Gasteiger partial charge in [0.25, 0.3) is 5.95 Å². The van der Waals surface area contributed by atoms with Crippen LogP contribution in [-0.2, 0) is 22.4 Å². The molecule has 0 aliphatic rings. The molecule has 32 heavy (non-hydrogen) atoms. The number of allylic oxidation sites excluding steroid dienone is 1. The molecule has 0 N–H and O–H groups in total. The number of nitrogens with zero attached hydrogens (tertiary/aromatic N) is 5. The highest BCUT2D eigenvalue weighted by Gasteiger charge is 2.11. The summed E-state index contributed by atoms with van der Waals surface area (Å²) in [4.78, 5) is 24.9. The summed E-state index contributed by atoms with van der Waals surface area (Å²) >= 11 is 0. The standard InChI is InChI=1S/C24H23N5O3/c1-3-20(30)12-18-4-7-19-15-27-29(22(19)13-18)24-26-16-25-23(28-24)14-17-5-8-21(9-6-17)32-11-10-31-2/h3-9,13,15-16H,1,10-12,14H2,2H3. The Kier molecular flexibility index (Phi) is 6.62. The number of methoxy groups -OCH3 is 1. The molecule has 0 radical (unpaired) electrons. The van der Waals surface area contributed by atoms with Crippen LogP contribution in [0, 0.1) is 0 Å². The molecule has 8 heteroatoms. The van der Waals surface area contributed by atoms with E-state index in [1.165, 1.54) is 12.4 Å². The second-order valence-electron chi connectivity index (χ2n) is 7.16. The van der Waals surface area contributed by atoms with Gasteiger partial charge in [-0.05, 0) is 35.4 Å². The summed E-state index contributed by atoms with van der Waals surface area (Å²) in [6.45, 7) is 4.59. The lowest BCUT2D eigenvalue weighted by molar-refractivity contribution is -0.114. The first-order valence-electron chi connectivity index (χ1n) is 10.2. The monoisotopic (exact) mass is 429 g/mol. The molecule has 0 unspecified atom stereocenters. The van der Waals surface area contributed by atoms with Crippen molar-refractivity contribution in [2.75, 3.05) is 20.3 Å². The molecule has 0 saturated carbocycles. The zero-order valence-corrected chi connectivity index (χ0v) is 17.8. The van der Waals surface area contributed by atoms with E-state index in [0.717, 1.165) is 27.8 Å². The maximum absolute atomic E-state index is 11.7. The molecule has 162 valence electrons. The van der Waals surface area contributed by atoms with Gasteiger partial charge in [-0.25, -0.2) is 4.98 Å². The van der Waals surface area contributed by atoms with Crippen LogP contribution >= 0.6 is 0 Å². The Labute approximate surface area is 185 Å². The van der Waals surface area contributed by atoms with Crippen molar-refractivity contribution >= 4 is 16.7 Å². The van der Waals surface area contributed by atoms with E-state index < -0.39 is 0 Å². The fourth-order valence-corrected chi connectivity index (χ4v) is 3.24. The van der Waals surface area contributed by atoms with E-state index in [1.807, 2.05) is 42.5 Å². The van der Waals surface area contributed by atoms with E-state index in [0.29, 0.717) is 31.4 Å². The number of hydrogen-bond acceptors (Lipinski definition) is 7. The summed E-state index contributed by atoms with van der Waals surface area (Å²) in [6, 6.07) is 13.6. The molecule has 0 aliphatic carbocycles. The summed E-state index contributed by atoms with van der Waals surface area (Å²) in [7, 11) is 1.64. The number of ether oxygens (including phenoxy) is 2. The largest absolute Gasteiger partial charge is 0.491 e. The summed E-state index contributed by atoms with van der Waals surface area (Å²) in [5.74, 6) is 1.81. The van der Waals surface area contributed by atoms with Crippen molar-refractivity contribution in [3.05, 3.63) is 84.6 Å². The number of carbonyl (C=O) groups is 1. The lowest BCUT2D eigenvalue weighted by Crippen LogP contribution is -2.07. The van der Waals surface area contributed by atoms with Gasteiger partial charge < -0.3 is 9.47 Å². The fourth-order valence-electron chi connectivity index (χ4n) is 3.24. The van der Waals surface area contributed by atoms with Crippen LogP contribution < -0.4 is 4.74 Å². The molecule has 2 aromatic heterocycles. The predicted molar refractivity (Wildman–Crippen MR) is 120 cm³/mol. The third-order valence-electron chi connectivity index (χ3n) is 4.88. The molecule has 0 bridgehead atoms. The number of benzene rings is 2. The number of ketones is 1. The van der Waals surface area contributed by atoms with Gasteiger partial charge in [-0.3, -0.25) is 4.79 Å². The Balaban J connectivity index is 1.54. The zero-order valence-electron chi connectivity index (χ0n) is 17.8. The average Bonchev–Trinajstić information content (AvgIpc) is 3.24. The molecule has 0 saturated heterocycles. The second kappa shape index (κ2) is 9.93. The number of carbonyl (C=O) groups excluding carboxylic acids is 1. The molecule has 0 aliphatic heterocycles. The molecule has 0 atom stereocenters. The van der Waals surface area contributed by atoms with Crippen LogP contribution in [0.1, 0.15) is 17.0 Å². The number of fused-ring (bicyclic) bond motifs is 1. The average molecular weight is 429 g/mol. The van der Waals surface area contributed by atoms with Gasteiger partial charge >= 0.3 is 0 Å². The first kappa shape index (κ1) is 21.3. The van der Waals surface area contributed by atoms with Crippen molar-refractivity contribution in [3.8, 4) is 11.7 Å². The first-order chi connectivity index (χ1) is 15.7. The first-order valence-corrected chi connectivity index (χ1v) is 10.2. The van der Waals surface area contributed by atoms with Gasteiger partial charge in [-0.15, -0.1) is 0 Å². The summed E-state index contributed by atoms with van der Waals surface area (Å²) in [5, 5.41) is 5.37. The van der Waals surface area contributed by atoms with Crippen LogP contribution in [0.3, 0.4) is 0 Å². The smallest absolute Gasteiger partial charge is 0.254 e. The van der Waals surface area contributed by atoms with Crippen LogP contribution in [0.25, 0.3) is 16.9 Å². The quantitative estimate of drug-likeness (QED) is 0.282. The van der Waals surface area contributed by atoms with Crippen LogP contribution in [-0.4, -0.2) is 50.8 Å². The van der Waals surface area contributed by atoms with Gasteiger partial charge in [0.1, 0.15) is 24.5 Å². The third-order valence-corrected chi connectivity index (χ3v) is 4.88. The van der Waals surface area contributed by atoms with Gasteiger partial charge in [0.15, 0.2) is 5.78 Å². The van der Waals surface area contributed by atoms with E-state index in [4.69, 9.17) is 9.47 Å². The molecule has 8 nitrogen and oxygen atoms in total. The van der Waals surface area contributed by atoms with Crippen LogP contribution in [0.4, 0.5) is 0 Å². The Morgan fingerprint density at radius 2 is 1.91 bits per heavy atom. The fraction of sp³-hybridized carbons (Fsp3) is 0.208. The highest BCUT2D eigenvalue weighted by Crippen LogP contribution is 2.19. The number of rotatable bonds is 10. The summed E-state index contributed by atoms with van der Waals surface area (Å²) < 4.78 is 12.2. The second-order valence-corrected chi connectivity index (χ2v) is 7.16. The van der Waals surface area contributed by atoms with Gasteiger partial charge in [0, 0.05) is 25.3 Å². The van der Waals surface area contributed by atoms with Gasteiger partial charge in [-0.1, -0.05) is 30.8 Å². The predicted octanol–water partition coefficient (Wildman–Crippen LogP) is 3.12. The SMILES string of the molecule is C=CC(=O)Cc1ccc2cnn(-c3ncnc(Cc4ccc(OCCOC)cc4)n3)c2c1. The molecule has 0 spiro atoms. The zero-order chi connectivity index (χ0) is 22.3. The van der Waals surface area contributed by atoms with Crippen molar-refractivity contribution in [2.45, 2.75) is 12.8 Å². The lowest BCUT2D eigenvalue weighted by atomic mass is 10.1. The van der Waals surface area contributed by atoms with Gasteiger partial charge in [0.2, 0.25) is 0 Å².